The Morgan fingerprint density at radius 3 is 2.39 bits per heavy atom. The highest BCUT2D eigenvalue weighted by molar-refractivity contribution is 7.89. The molecule has 0 saturated carbocycles. The van der Waals surface area contributed by atoms with E-state index in [9.17, 15) is 18.0 Å². The number of rotatable bonds is 6. The molecule has 2 amide bonds. The zero-order valence-electron chi connectivity index (χ0n) is 15.5. The normalized spacial score (nSPS) is 15.9. The Morgan fingerprint density at radius 1 is 1.14 bits per heavy atom. The highest BCUT2D eigenvalue weighted by Gasteiger charge is 2.27. The first-order chi connectivity index (χ1) is 13.3. The second-order valence-corrected chi connectivity index (χ2v) is 8.64. The van der Waals surface area contributed by atoms with Gasteiger partial charge in [0, 0.05) is 31.8 Å². The van der Waals surface area contributed by atoms with Crippen molar-refractivity contribution in [2.24, 2.45) is 5.73 Å². The van der Waals surface area contributed by atoms with Crippen LogP contribution in [0.25, 0.3) is 0 Å². The summed E-state index contributed by atoms with van der Waals surface area (Å²) in [5.74, 6) is -0.876. The van der Waals surface area contributed by atoms with Gasteiger partial charge in [0.2, 0.25) is 16.1 Å². The van der Waals surface area contributed by atoms with Crippen LogP contribution in [0.15, 0.2) is 53.7 Å². The van der Waals surface area contributed by atoms with E-state index in [1.807, 2.05) is 0 Å². The largest absolute Gasteiger partial charge is 0.365 e. The Morgan fingerprint density at radius 2 is 1.79 bits per heavy atom. The number of pyridine rings is 1. The van der Waals surface area contributed by atoms with E-state index in [1.54, 1.807) is 42.0 Å². The summed E-state index contributed by atoms with van der Waals surface area (Å²) in [7, 11) is -3.48. The van der Waals surface area contributed by atoms with Crippen LogP contribution in [0.4, 0.5) is 5.69 Å². The summed E-state index contributed by atoms with van der Waals surface area (Å²) in [5, 5.41) is 2.75. The maximum absolute atomic E-state index is 12.5. The number of amides is 2. The van der Waals surface area contributed by atoms with Gasteiger partial charge in [0.25, 0.3) is 11.8 Å². The number of sulfonamides is 1. The fraction of sp³-hybridized carbons (Fsp3) is 0.316. The van der Waals surface area contributed by atoms with Crippen LogP contribution in [0.5, 0.6) is 0 Å². The van der Waals surface area contributed by atoms with Crippen LogP contribution in [0, 0.1) is 0 Å². The van der Waals surface area contributed by atoms with Crippen LogP contribution in [0.2, 0.25) is 0 Å². The third-order valence-corrected chi connectivity index (χ3v) is 6.67. The third kappa shape index (κ3) is 4.20. The van der Waals surface area contributed by atoms with Crippen LogP contribution < -0.4 is 15.6 Å². The van der Waals surface area contributed by atoms with Crippen LogP contribution in [-0.2, 0) is 14.8 Å². The second kappa shape index (κ2) is 8.07. The van der Waals surface area contributed by atoms with Crippen LogP contribution in [0.3, 0.4) is 0 Å². The first-order valence-corrected chi connectivity index (χ1v) is 10.4. The molecule has 1 saturated heterocycles. The maximum atomic E-state index is 12.5. The molecule has 148 valence electrons. The zero-order valence-corrected chi connectivity index (χ0v) is 16.4. The van der Waals surface area contributed by atoms with Crippen molar-refractivity contribution in [3.05, 3.63) is 54.4 Å². The number of aromatic nitrogens is 1. The lowest BCUT2D eigenvalue weighted by atomic mass is 10.2. The van der Waals surface area contributed by atoms with Gasteiger partial charge < -0.3 is 11.1 Å². The molecule has 1 atom stereocenters. The van der Waals surface area contributed by atoms with Gasteiger partial charge in [-0.2, -0.15) is 8.87 Å². The van der Waals surface area contributed by atoms with E-state index in [4.69, 9.17) is 5.73 Å². The number of benzene rings is 1. The van der Waals surface area contributed by atoms with Gasteiger partial charge in [0.1, 0.15) is 5.56 Å². The predicted octanol–water partition coefficient (Wildman–Crippen LogP) is 1.06. The molecule has 2 aromatic rings. The van der Waals surface area contributed by atoms with Gasteiger partial charge in [-0.3, -0.25) is 9.59 Å². The number of anilines is 1. The molecule has 0 spiro atoms. The number of carbonyl (C=O) groups excluding carboxylic acids is 2. The minimum atomic E-state index is -3.48. The molecule has 1 aromatic carbocycles. The van der Waals surface area contributed by atoms with Crippen molar-refractivity contribution >= 4 is 27.5 Å². The van der Waals surface area contributed by atoms with Crippen LogP contribution in [0.1, 0.15) is 36.2 Å². The average Bonchev–Trinajstić information content (AvgIpc) is 3.23. The Kier molecular flexibility index (Phi) is 5.76. The third-order valence-electron chi connectivity index (χ3n) is 4.76. The van der Waals surface area contributed by atoms with E-state index in [0.29, 0.717) is 24.3 Å². The van der Waals surface area contributed by atoms with Crippen molar-refractivity contribution in [1.82, 2.24) is 4.31 Å². The maximum Gasteiger partial charge on any atom is 0.293 e. The Labute approximate surface area is 164 Å². The number of nitrogens with one attached hydrogen (secondary N) is 1. The summed E-state index contributed by atoms with van der Waals surface area (Å²) in [6.07, 6.45) is 4.93. The Bertz CT molecular complexity index is 983. The highest BCUT2D eigenvalue weighted by atomic mass is 32.2. The molecule has 0 unspecified atom stereocenters. The standard InChI is InChI=1S/C19H22N4O4S/c1-14(22-10-4-5-15(13-22)18(20)24)19(25)21-16-6-8-17(9-7-16)28(26,27)23-11-2-3-12-23/h4-10,13-14H,2-3,11-12H2,1H3,(H2-,20,21,24,25)/p+1/t14-/m0/s1. The Balaban J connectivity index is 1.70. The monoisotopic (exact) mass is 403 g/mol. The summed E-state index contributed by atoms with van der Waals surface area (Å²) in [5.41, 5.74) is 6.07. The summed E-state index contributed by atoms with van der Waals surface area (Å²) < 4.78 is 28.2. The Hall–Kier alpha value is -2.78. The first-order valence-electron chi connectivity index (χ1n) is 9.01. The number of carbonyl (C=O) groups is 2. The van der Waals surface area contributed by atoms with E-state index in [2.05, 4.69) is 5.32 Å². The average molecular weight is 403 g/mol. The fourth-order valence-corrected chi connectivity index (χ4v) is 4.57. The smallest absolute Gasteiger partial charge is 0.293 e. The quantitative estimate of drug-likeness (QED) is 0.702. The molecule has 0 aliphatic carbocycles. The van der Waals surface area contributed by atoms with Gasteiger partial charge in [-0.1, -0.05) is 0 Å². The molecule has 9 heteroatoms. The lowest BCUT2D eigenvalue weighted by molar-refractivity contribution is -0.705. The van der Waals surface area contributed by atoms with Gasteiger partial charge in [-0.25, -0.2) is 8.42 Å². The van der Waals surface area contributed by atoms with Gasteiger partial charge in [-0.15, -0.1) is 0 Å². The van der Waals surface area contributed by atoms with E-state index in [0.717, 1.165) is 12.8 Å². The number of hydrogen-bond acceptors (Lipinski definition) is 4. The second-order valence-electron chi connectivity index (χ2n) is 6.70. The molecule has 1 aliphatic heterocycles. The van der Waals surface area contributed by atoms with Crippen molar-refractivity contribution in [3.8, 4) is 0 Å². The summed E-state index contributed by atoms with van der Waals surface area (Å²) in [6.45, 7) is 2.77. The lowest BCUT2D eigenvalue weighted by Crippen LogP contribution is -2.44. The number of nitrogens with zero attached hydrogens (tertiary/aromatic N) is 2. The predicted molar refractivity (Wildman–Crippen MR) is 103 cm³/mol. The number of nitrogens with two attached hydrogens (primary N) is 1. The molecule has 3 rings (SSSR count). The molecule has 0 bridgehead atoms. The molecule has 3 N–H and O–H groups in total. The van der Waals surface area contributed by atoms with Crippen molar-refractivity contribution < 1.29 is 22.6 Å². The molecular formula is C19H23N4O4S+. The van der Waals surface area contributed by atoms with Gasteiger partial charge in [0.05, 0.1) is 4.90 Å². The van der Waals surface area contributed by atoms with Gasteiger partial charge >= 0.3 is 0 Å². The zero-order chi connectivity index (χ0) is 20.3. The molecule has 8 nitrogen and oxygen atoms in total. The first kappa shape index (κ1) is 20.0. The summed E-state index contributed by atoms with van der Waals surface area (Å²) in [6, 6.07) is 8.75. The molecule has 2 heterocycles. The summed E-state index contributed by atoms with van der Waals surface area (Å²) >= 11 is 0. The summed E-state index contributed by atoms with van der Waals surface area (Å²) in [4.78, 5) is 24.0. The molecule has 1 aromatic heterocycles. The van der Waals surface area contributed by atoms with Crippen molar-refractivity contribution in [2.45, 2.75) is 30.7 Å². The number of hydrogen-bond donors (Lipinski definition) is 2. The molecule has 1 fully saturated rings. The van der Waals surface area contributed by atoms with Crippen LogP contribution in [-0.4, -0.2) is 37.6 Å². The minimum absolute atomic E-state index is 0.212. The minimum Gasteiger partial charge on any atom is -0.365 e. The van der Waals surface area contributed by atoms with E-state index < -0.39 is 22.0 Å². The highest BCUT2D eigenvalue weighted by Crippen LogP contribution is 2.22. The lowest BCUT2D eigenvalue weighted by Gasteiger charge is -2.16. The van der Waals surface area contributed by atoms with Crippen molar-refractivity contribution in [1.29, 1.82) is 0 Å². The fourth-order valence-electron chi connectivity index (χ4n) is 3.05. The topological polar surface area (TPSA) is 113 Å². The van der Waals surface area contributed by atoms with Crippen molar-refractivity contribution in [3.63, 3.8) is 0 Å². The van der Waals surface area contributed by atoms with E-state index >= 15 is 0 Å². The van der Waals surface area contributed by atoms with Crippen molar-refractivity contribution in [2.75, 3.05) is 18.4 Å². The SMILES string of the molecule is C[C@@H](C(=O)Nc1ccc(S(=O)(=O)N2CCCC2)cc1)[n+]1cccc(C(N)=O)c1. The molecular weight excluding hydrogens is 380 g/mol. The van der Waals surface area contributed by atoms with Gasteiger partial charge in [-0.05, 0) is 43.2 Å². The van der Waals surface area contributed by atoms with E-state index in [1.165, 1.54) is 22.6 Å². The molecule has 1 aliphatic rings. The van der Waals surface area contributed by atoms with Crippen LogP contribution >= 0.6 is 0 Å². The number of primary amides is 1. The molecule has 28 heavy (non-hydrogen) atoms. The molecule has 0 radical (unpaired) electrons. The van der Waals surface area contributed by atoms with E-state index in [-0.39, 0.29) is 10.8 Å². The van der Waals surface area contributed by atoms with Gasteiger partial charge in [0.15, 0.2) is 12.4 Å².